The van der Waals surface area contributed by atoms with Crippen molar-refractivity contribution in [2.24, 2.45) is 5.73 Å². The van der Waals surface area contributed by atoms with Crippen molar-refractivity contribution in [1.29, 1.82) is 0 Å². The highest BCUT2D eigenvalue weighted by Crippen LogP contribution is 2.35. The van der Waals surface area contributed by atoms with E-state index in [2.05, 4.69) is 4.98 Å². The van der Waals surface area contributed by atoms with Crippen LogP contribution < -0.4 is 5.73 Å². The number of carbonyl (C=O) groups is 2. The molecule has 6 nitrogen and oxygen atoms in total. The molecule has 1 unspecified atom stereocenters. The summed E-state index contributed by atoms with van der Waals surface area (Å²) in [5.74, 6) is -4.22. The molecule has 1 aliphatic carbocycles. The minimum absolute atomic E-state index is 0.0724. The predicted octanol–water partition coefficient (Wildman–Crippen LogP) is 2.91. The zero-order valence-corrected chi connectivity index (χ0v) is 13.9. The fourth-order valence-corrected chi connectivity index (χ4v) is 3.30. The van der Waals surface area contributed by atoms with Gasteiger partial charge in [0.2, 0.25) is 5.91 Å². The molecule has 9 heteroatoms. The van der Waals surface area contributed by atoms with Crippen LogP contribution in [0.1, 0.15) is 36.0 Å². The molecule has 1 aliphatic rings. The lowest BCUT2D eigenvalue weighted by Crippen LogP contribution is -2.32. The minimum Gasteiger partial charge on any atom is -0.458 e. The molecule has 1 saturated carbocycles. The van der Waals surface area contributed by atoms with Crippen molar-refractivity contribution in [3.8, 4) is 0 Å². The first kappa shape index (κ1) is 17.6. The second-order valence-corrected chi connectivity index (χ2v) is 6.52. The van der Waals surface area contributed by atoms with Gasteiger partial charge in [0.15, 0.2) is 0 Å². The lowest BCUT2D eigenvalue weighted by Gasteiger charge is -2.28. The maximum absolute atomic E-state index is 13.5. The van der Waals surface area contributed by atoms with Crippen molar-refractivity contribution < 1.29 is 23.1 Å². The van der Waals surface area contributed by atoms with Gasteiger partial charge >= 0.3 is 5.97 Å². The van der Waals surface area contributed by atoms with Crippen LogP contribution in [-0.4, -0.2) is 33.5 Å². The van der Waals surface area contributed by atoms with E-state index in [0.717, 1.165) is 0 Å². The van der Waals surface area contributed by atoms with E-state index in [0.29, 0.717) is 17.5 Å². The Labute approximate surface area is 146 Å². The number of nitrogens with two attached hydrogens (primary N) is 1. The molecule has 2 heterocycles. The number of alkyl halides is 2. The van der Waals surface area contributed by atoms with Crippen LogP contribution in [0, 0.1) is 0 Å². The number of rotatable bonds is 4. The zero-order chi connectivity index (χ0) is 18.2. The summed E-state index contributed by atoms with van der Waals surface area (Å²) in [5, 5.41) is 0.548. The quantitative estimate of drug-likeness (QED) is 0.837. The van der Waals surface area contributed by atoms with Crippen molar-refractivity contribution in [3.63, 3.8) is 0 Å². The number of halogens is 3. The first-order chi connectivity index (χ1) is 11.8. The number of ether oxygens (including phenoxy) is 1. The Hall–Kier alpha value is -2.22. The van der Waals surface area contributed by atoms with Crippen LogP contribution in [0.5, 0.6) is 0 Å². The third kappa shape index (κ3) is 3.73. The van der Waals surface area contributed by atoms with Crippen LogP contribution >= 0.6 is 11.6 Å². The highest BCUT2D eigenvalue weighted by Gasteiger charge is 2.38. The number of pyridine rings is 1. The van der Waals surface area contributed by atoms with Gasteiger partial charge in [0, 0.05) is 25.2 Å². The second kappa shape index (κ2) is 6.59. The fraction of sp³-hybridized carbons (Fsp3) is 0.438. The second-order valence-electron chi connectivity index (χ2n) is 6.11. The Bertz CT molecular complexity index is 837. The molecule has 1 fully saturated rings. The topological polar surface area (TPSA) is 87.2 Å². The summed E-state index contributed by atoms with van der Waals surface area (Å²) < 4.78 is 33.6. The van der Waals surface area contributed by atoms with Crippen LogP contribution in [-0.2, 0) is 16.1 Å². The highest BCUT2D eigenvalue weighted by atomic mass is 35.5. The number of aromatic nitrogens is 2. The zero-order valence-electron chi connectivity index (χ0n) is 13.2. The molecule has 0 aliphatic heterocycles. The standard InChI is InChI=1S/C16H16ClF2N3O3/c17-11-3-5-21-14-13(11)10(7-22(14)8-12(20)23)15(24)25-9-2-1-4-16(18,19)6-9/h3,5,7,9H,1-2,4,6,8H2,(H2,20,23). The SMILES string of the molecule is NC(=O)Cn1cc(C(=O)OC2CCCC(F)(F)C2)c2c(Cl)ccnc21. The molecule has 0 radical (unpaired) electrons. The van der Waals surface area contributed by atoms with Crippen LogP contribution in [0.25, 0.3) is 11.0 Å². The lowest BCUT2D eigenvalue weighted by atomic mass is 9.94. The van der Waals surface area contributed by atoms with Gasteiger partial charge in [-0.3, -0.25) is 4.79 Å². The number of amides is 1. The van der Waals surface area contributed by atoms with Gasteiger partial charge in [-0.15, -0.1) is 0 Å². The molecule has 2 aromatic rings. The summed E-state index contributed by atoms with van der Waals surface area (Å²) in [4.78, 5) is 27.8. The van der Waals surface area contributed by atoms with E-state index in [1.54, 1.807) is 0 Å². The van der Waals surface area contributed by atoms with Crippen LogP contribution in [0.15, 0.2) is 18.5 Å². The largest absolute Gasteiger partial charge is 0.458 e. The number of primary amides is 1. The van der Waals surface area contributed by atoms with Crippen molar-refractivity contribution >= 4 is 34.5 Å². The van der Waals surface area contributed by atoms with E-state index in [4.69, 9.17) is 22.1 Å². The van der Waals surface area contributed by atoms with Crippen molar-refractivity contribution in [1.82, 2.24) is 9.55 Å². The summed E-state index contributed by atoms with van der Waals surface area (Å²) in [7, 11) is 0. The molecule has 25 heavy (non-hydrogen) atoms. The molecule has 2 aromatic heterocycles. The minimum atomic E-state index is -2.83. The highest BCUT2D eigenvalue weighted by molar-refractivity contribution is 6.36. The fourth-order valence-electron chi connectivity index (χ4n) is 3.06. The van der Waals surface area contributed by atoms with E-state index in [9.17, 15) is 18.4 Å². The summed E-state index contributed by atoms with van der Waals surface area (Å²) in [6, 6.07) is 1.49. The van der Waals surface area contributed by atoms with Crippen molar-refractivity contribution in [2.45, 2.75) is 44.3 Å². The predicted molar refractivity (Wildman–Crippen MR) is 86.6 cm³/mol. The maximum atomic E-state index is 13.5. The Balaban J connectivity index is 1.92. The monoisotopic (exact) mass is 371 g/mol. The normalized spacial score (nSPS) is 19.7. The van der Waals surface area contributed by atoms with E-state index < -0.39 is 30.3 Å². The van der Waals surface area contributed by atoms with Crippen LogP contribution in [0.2, 0.25) is 5.02 Å². The lowest BCUT2D eigenvalue weighted by molar-refractivity contribution is -0.118. The van der Waals surface area contributed by atoms with Crippen LogP contribution in [0.4, 0.5) is 8.78 Å². The van der Waals surface area contributed by atoms with E-state index >= 15 is 0 Å². The summed E-state index contributed by atoms with van der Waals surface area (Å²) in [6.07, 6.45) is 1.90. The molecule has 134 valence electrons. The molecule has 3 rings (SSSR count). The average molecular weight is 372 g/mol. The molecule has 1 amide bonds. The van der Waals surface area contributed by atoms with Crippen molar-refractivity contribution in [3.05, 3.63) is 29.0 Å². The summed E-state index contributed by atoms with van der Waals surface area (Å²) >= 11 is 6.15. The maximum Gasteiger partial charge on any atom is 0.340 e. The third-order valence-corrected chi connectivity index (χ3v) is 4.44. The average Bonchev–Trinajstić information content (AvgIpc) is 2.86. The number of esters is 1. The van der Waals surface area contributed by atoms with E-state index in [1.165, 1.54) is 23.0 Å². The Morgan fingerprint density at radius 2 is 2.24 bits per heavy atom. The van der Waals surface area contributed by atoms with Gasteiger partial charge in [-0.25, -0.2) is 18.6 Å². The number of hydrogen-bond donors (Lipinski definition) is 1. The number of carbonyl (C=O) groups excluding carboxylic acids is 2. The van der Waals surface area contributed by atoms with Crippen LogP contribution in [0.3, 0.4) is 0 Å². The molecule has 0 aromatic carbocycles. The Kier molecular flexibility index (Phi) is 4.64. The van der Waals surface area contributed by atoms with Gasteiger partial charge in [-0.1, -0.05) is 11.6 Å². The first-order valence-corrected chi connectivity index (χ1v) is 8.15. The number of fused-ring (bicyclic) bond motifs is 1. The molecule has 0 spiro atoms. The summed E-state index contributed by atoms with van der Waals surface area (Å²) in [6.45, 7) is -0.196. The molecule has 0 saturated heterocycles. The Morgan fingerprint density at radius 3 is 2.92 bits per heavy atom. The van der Waals surface area contributed by atoms with Gasteiger partial charge in [0.25, 0.3) is 5.92 Å². The smallest absolute Gasteiger partial charge is 0.340 e. The van der Waals surface area contributed by atoms with Crippen molar-refractivity contribution in [2.75, 3.05) is 0 Å². The van der Waals surface area contributed by atoms with Gasteiger partial charge in [0.05, 0.1) is 16.0 Å². The van der Waals surface area contributed by atoms with E-state index in [1.807, 2.05) is 0 Å². The summed E-state index contributed by atoms with van der Waals surface area (Å²) in [5.41, 5.74) is 5.57. The molecular weight excluding hydrogens is 356 g/mol. The Morgan fingerprint density at radius 1 is 1.48 bits per heavy atom. The van der Waals surface area contributed by atoms with Gasteiger partial charge in [-0.2, -0.15) is 0 Å². The number of nitrogens with zero attached hydrogens (tertiary/aromatic N) is 2. The van der Waals surface area contributed by atoms with E-state index in [-0.39, 0.29) is 30.0 Å². The molecule has 2 N–H and O–H groups in total. The first-order valence-electron chi connectivity index (χ1n) is 7.77. The molecule has 1 atom stereocenters. The molecule has 0 bridgehead atoms. The molecular formula is C16H16ClF2N3O3. The van der Waals surface area contributed by atoms with Gasteiger partial charge in [0.1, 0.15) is 18.3 Å². The van der Waals surface area contributed by atoms with Gasteiger partial charge in [-0.05, 0) is 18.9 Å². The number of hydrogen-bond acceptors (Lipinski definition) is 4. The van der Waals surface area contributed by atoms with Gasteiger partial charge < -0.3 is 15.0 Å². The third-order valence-electron chi connectivity index (χ3n) is 4.12.